The van der Waals surface area contributed by atoms with Crippen molar-refractivity contribution in [1.82, 2.24) is 9.97 Å². The second-order valence-electron chi connectivity index (χ2n) is 8.29. The maximum absolute atomic E-state index is 13.2. The maximum Gasteiger partial charge on any atom is 0.329 e. The predicted molar refractivity (Wildman–Crippen MR) is 140 cm³/mol. The number of hydrogen-bond acceptors (Lipinski definition) is 5. The molecule has 0 radical (unpaired) electrons. The number of para-hydroxylation sites is 1. The molecule has 0 aliphatic heterocycles. The third-order valence-electron chi connectivity index (χ3n) is 5.80. The van der Waals surface area contributed by atoms with Crippen LogP contribution in [0, 0.1) is 0 Å². The van der Waals surface area contributed by atoms with Crippen molar-refractivity contribution in [3.63, 3.8) is 0 Å². The second-order valence-corrected chi connectivity index (χ2v) is 8.29. The molecule has 5 aromatic rings. The number of carbonyl (C=O) groups is 1. The highest BCUT2D eigenvalue weighted by Crippen LogP contribution is 2.23. The van der Waals surface area contributed by atoms with E-state index >= 15 is 0 Å². The lowest BCUT2D eigenvalue weighted by Crippen LogP contribution is -2.33. The van der Waals surface area contributed by atoms with Crippen molar-refractivity contribution in [3.8, 4) is 0 Å². The first kappa shape index (κ1) is 22.2. The summed E-state index contributed by atoms with van der Waals surface area (Å²) in [5, 5.41) is 7.83. The van der Waals surface area contributed by atoms with Gasteiger partial charge in [0, 0.05) is 53.0 Å². The number of carbonyl (C=O) groups excluding carboxylic acids is 1. The SMILES string of the molecule is O=C(OCc1ccccc1)C(Cc1c[nH]c2ccccc12)Nc1ccc(Nc2ccncc2)cc1. The number of anilines is 3. The van der Waals surface area contributed by atoms with Crippen LogP contribution in [0.15, 0.2) is 110 Å². The minimum absolute atomic E-state index is 0.237. The molecule has 0 spiro atoms. The van der Waals surface area contributed by atoms with Crippen molar-refractivity contribution in [3.05, 3.63) is 121 Å². The Kier molecular flexibility index (Phi) is 6.71. The molecule has 0 saturated heterocycles. The van der Waals surface area contributed by atoms with Gasteiger partial charge in [-0.2, -0.15) is 0 Å². The van der Waals surface area contributed by atoms with Crippen LogP contribution in [-0.4, -0.2) is 22.0 Å². The number of nitrogens with one attached hydrogen (secondary N) is 3. The molecule has 0 fully saturated rings. The summed E-state index contributed by atoms with van der Waals surface area (Å²) >= 11 is 0. The monoisotopic (exact) mass is 462 g/mol. The summed E-state index contributed by atoms with van der Waals surface area (Å²) in [4.78, 5) is 20.5. The number of ether oxygens (including phenoxy) is 1. The van der Waals surface area contributed by atoms with Crippen molar-refractivity contribution in [2.45, 2.75) is 19.1 Å². The summed E-state index contributed by atoms with van der Waals surface area (Å²) in [7, 11) is 0. The Balaban J connectivity index is 1.32. The van der Waals surface area contributed by atoms with Crippen molar-refractivity contribution < 1.29 is 9.53 Å². The molecular formula is C29H26N4O2. The summed E-state index contributed by atoms with van der Waals surface area (Å²) < 4.78 is 5.70. The quantitative estimate of drug-likeness (QED) is 0.232. The van der Waals surface area contributed by atoms with Gasteiger partial charge in [0.15, 0.2) is 0 Å². The fourth-order valence-electron chi connectivity index (χ4n) is 4.00. The van der Waals surface area contributed by atoms with E-state index in [-0.39, 0.29) is 12.6 Å². The molecule has 0 amide bonds. The van der Waals surface area contributed by atoms with Gasteiger partial charge >= 0.3 is 5.97 Å². The lowest BCUT2D eigenvalue weighted by molar-refractivity contribution is -0.145. The number of benzene rings is 3. The first-order chi connectivity index (χ1) is 17.2. The van der Waals surface area contributed by atoms with Gasteiger partial charge in [0.05, 0.1) is 0 Å². The molecule has 0 saturated carbocycles. The van der Waals surface area contributed by atoms with Crippen molar-refractivity contribution in [2.24, 2.45) is 0 Å². The molecular weight excluding hydrogens is 436 g/mol. The van der Waals surface area contributed by atoms with E-state index in [2.05, 4.69) is 26.7 Å². The Bertz CT molecular complexity index is 1380. The number of aromatic amines is 1. The minimum Gasteiger partial charge on any atom is -0.459 e. The molecule has 1 atom stereocenters. The lowest BCUT2D eigenvalue weighted by atomic mass is 10.0. The van der Waals surface area contributed by atoms with Crippen LogP contribution in [0.5, 0.6) is 0 Å². The van der Waals surface area contributed by atoms with E-state index in [1.165, 1.54) is 0 Å². The van der Waals surface area contributed by atoms with Crippen LogP contribution in [0.3, 0.4) is 0 Å². The zero-order chi connectivity index (χ0) is 23.9. The topological polar surface area (TPSA) is 79.0 Å². The number of hydrogen-bond donors (Lipinski definition) is 3. The Morgan fingerprint density at radius 1 is 0.829 bits per heavy atom. The number of fused-ring (bicyclic) bond motifs is 1. The summed E-state index contributed by atoms with van der Waals surface area (Å²) in [6.07, 6.45) is 5.95. The third kappa shape index (κ3) is 5.68. The van der Waals surface area contributed by atoms with Crippen LogP contribution in [0.2, 0.25) is 0 Å². The van der Waals surface area contributed by atoms with Crippen molar-refractivity contribution in [1.29, 1.82) is 0 Å². The molecule has 1 unspecified atom stereocenters. The number of esters is 1. The largest absolute Gasteiger partial charge is 0.459 e. The fraction of sp³-hybridized carbons (Fsp3) is 0.103. The minimum atomic E-state index is -0.545. The number of nitrogens with zero attached hydrogens (tertiary/aromatic N) is 1. The molecule has 2 aromatic heterocycles. The first-order valence-electron chi connectivity index (χ1n) is 11.5. The van der Waals surface area contributed by atoms with E-state index in [1.54, 1.807) is 12.4 Å². The second kappa shape index (κ2) is 10.6. The van der Waals surface area contributed by atoms with Crippen LogP contribution < -0.4 is 10.6 Å². The molecule has 0 bridgehead atoms. The van der Waals surface area contributed by atoms with Crippen LogP contribution in [-0.2, 0) is 22.6 Å². The third-order valence-corrected chi connectivity index (χ3v) is 5.80. The Labute approximate surface area is 204 Å². The van der Waals surface area contributed by atoms with Crippen molar-refractivity contribution in [2.75, 3.05) is 10.6 Å². The van der Waals surface area contributed by atoms with Gasteiger partial charge < -0.3 is 20.4 Å². The zero-order valence-corrected chi connectivity index (χ0v) is 19.1. The van der Waals surface area contributed by atoms with Crippen molar-refractivity contribution >= 4 is 33.9 Å². The Morgan fingerprint density at radius 2 is 1.51 bits per heavy atom. The zero-order valence-electron chi connectivity index (χ0n) is 19.1. The average molecular weight is 463 g/mol. The Morgan fingerprint density at radius 3 is 2.31 bits per heavy atom. The molecule has 3 aromatic carbocycles. The molecule has 6 nitrogen and oxygen atoms in total. The lowest BCUT2D eigenvalue weighted by Gasteiger charge is -2.19. The van der Waals surface area contributed by atoms with Gasteiger partial charge in [-0.05, 0) is 53.6 Å². The highest BCUT2D eigenvalue weighted by molar-refractivity contribution is 5.85. The van der Waals surface area contributed by atoms with Crippen LogP contribution in [0.4, 0.5) is 17.1 Å². The van der Waals surface area contributed by atoms with Gasteiger partial charge in [-0.1, -0.05) is 48.5 Å². The summed E-state index contributed by atoms with van der Waals surface area (Å²) in [6.45, 7) is 0.237. The normalized spacial score (nSPS) is 11.7. The van der Waals surface area contributed by atoms with E-state index in [0.717, 1.165) is 39.1 Å². The van der Waals surface area contributed by atoms with Gasteiger partial charge in [0.2, 0.25) is 0 Å². The van der Waals surface area contributed by atoms with Gasteiger partial charge in [-0.25, -0.2) is 4.79 Å². The standard InChI is InChI=1S/C29H26N4O2/c34-29(35-20-21-6-2-1-3-7-21)28(18-22-19-31-27-9-5-4-8-26(22)27)33-24-12-10-23(11-13-24)32-25-14-16-30-17-15-25/h1-17,19,28,31,33H,18,20H2,(H,30,32). The fourth-order valence-corrected chi connectivity index (χ4v) is 4.00. The van der Waals surface area contributed by atoms with Gasteiger partial charge in [-0.3, -0.25) is 4.98 Å². The highest BCUT2D eigenvalue weighted by Gasteiger charge is 2.22. The van der Waals surface area contributed by atoms with Gasteiger partial charge in [0.1, 0.15) is 12.6 Å². The molecule has 3 N–H and O–H groups in total. The molecule has 174 valence electrons. The molecule has 2 heterocycles. The number of pyridine rings is 1. The number of aromatic nitrogens is 2. The van der Waals surface area contributed by atoms with E-state index in [1.807, 2.05) is 91.1 Å². The van der Waals surface area contributed by atoms with Crippen LogP contribution in [0.1, 0.15) is 11.1 Å². The first-order valence-corrected chi connectivity index (χ1v) is 11.5. The summed E-state index contributed by atoms with van der Waals surface area (Å²) in [5.41, 5.74) is 5.81. The molecule has 0 aliphatic carbocycles. The van der Waals surface area contributed by atoms with Gasteiger partial charge in [0.25, 0.3) is 0 Å². The van der Waals surface area contributed by atoms with Crippen LogP contribution in [0.25, 0.3) is 10.9 Å². The van der Waals surface area contributed by atoms with Crippen LogP contribution >= 0.6 is 0 Å². The summed E-state index contributed by atoms with van der Waals surface area (Å²) in [5.74, 6) is -0.293. The Hall–Kier alpha value is -4.58. The highest BCUT2D eigenvalue weighted by atomic mass is 16.5. The molecule has 0 aliphatic rings. The molecule has 5 rings (SSSR count). The van der Waals surface area contributed by atoms with Gasteiger partial charge in [-0.15, -0.1) is 0 Å². The number of H-pyrrole nitrogens is 1. The predicted octanol–water partition coefficient (Wildman–Crippen LogP) is 6.07. The maximum atomic E-state index is 13.2. The molecule has 35 heavy (non-hydrogen) atoms. The number of rotatable bonds is 9. The van der Waals surface area contributed by atoms with E-state index in [4.69, 9.17) is 4.74 Å². The summed E-state index contributed by atoms with van der Waals surface area (Å²) in [6, 6.07) is 28.9. The van der Waals surface area contributed by atoms with E-state index in [0.29, 0.717) is 6.42 Å². The van der Waals surface area contributed by atoms with E-state index in [9.17, 15) is 4.79 Å². The smallest absolute Gasteiger partial charge is 0.329 e. The molecule has 6 heteroatoms. The van der Waals surface area contributed by atoms with E-state index < -0.39 is 6.04 Å². The average Bonchev–Trinajstić information content (AvgIpc) is 3.32.